The van der Waals surface area contributed by atoms with E-state index >= 15 is 0 Å². The Morgan fingerprint density at radius 1 is 1.29 bits per heavy atom. The van der Waals surface area contributed by atoms with E-state index in [0.29, 0.717) is 16.8 Å². The number of hydrogen-bond donors (Lipinski definition) is 0. The van der Waals surface area contributed by atoms with Crippen molar-refractivity contribution in [2.24, 2.45) is 4.99 Å². The van der Waals surface area contributed by atoms with Crippen molar-refractivity contribution >= 4 is 23.3 Å². The summed E-state index contributed by atoms with van der Waals surface area (Å²) in [6.07, 6.45) is 4.52. The van der Waals surface area contributed by atoms with Gasteiger partial charge in [0.05, 0.1) is 10.6 Å². The van der Waals surface area contributed by atoms with Crippen LogP contribution >= 0.6 is 0 Å². The highest BCUT2D eigenvalue weighted by Crippen LogP contribution is 2.31. The van der Waals surface area contributed by atoms with Crippen molar-refractivity contribution in [2.75, 3.05) is 0 Å². The zero-order chi connectivity index (χ0) is 12.0. The third-order valence-electron chi connectivity index (χ3n) is 2.75. The van der Waals surface area contributed by atoms with E-state index in [1.165, 1.54) is 24.4 Å². The first-order valence-electron chi connectivity index (χ1n) is 4.96. The maximum Gasteiger partial charge on any atom is 0.270 e. The third kappa shape index (κ3) is 1.32. The van der Waals surface area contributed by atoms with Crippen LogP contribution in [0.3, 0.4) is 0 Å². The lowest BCUT2D eigenvalue weighted by molar-refractivity contribution is -0.384. The molecule has 1 aromatic rings. The van der Waals surface area contributed by atoms with Crippen LogP contribution in [0.2, 0.25) is 0 Å². The minimum Gasteiger partial charge on any atom is -0.289 e. The number of fused-ring (bicyclic) bond motifs is 3. The Balaban J connectivity index is 2.20. The van der Waals surface area contributed by atoms with E-state index in [9.17, 15) is 14.9 Å². The Hall–Kier alpha value is -2.56. The number of benzene rings is 1. The average Bonchev–Trinajstić information content (AvgIpc) is 2.68. The Morgan fingerprint density at radius 3 is 2.88 bits per heavy atom. The van der Waals surface area contributed by atoms with Crippen LogP contribution in [0.4, 0.5) is 5.69 Å². The van der Waals surface area contributed by atoms with Gasteiger partial charge in [0.2, 0.25) is 0 Å². The van der Waals surface area contributed by atoms with E-state index in [2.05, 4.69) is 4.99 Å². The van der Waals surface area contributed by atoms with Crippen LogP contribution in [0.1, 0.15) is 11.1 Å². The van der Waals surface area contributed by atoms with Gasteiger partial charge in [0.1, 0.15) is 0 Å². The van der Waals surface area contributed by atoms with Gasteiger partial charge in [0, 0.05) is 35.5 Å². The molecule has 0 radical (unpaired) electrons. The number of nitrogens with zero attached hydrogens (tertiary/aromatic N) is 2. The minimum absolute atomic E-state index is 0.00287. The molecule has 0 aromatic heterocycles. The number of carbonyl (C=O) groups is 1. The van der Waals surface area contributed by atoms with Crippen LogP contribution in [0, 0.1) is 10.1 Å². The van der Waals surface area contributed by atoms with Gasteiger partial charge in [-0.05, 0) is 17.7 Å². The quantitative estimate of drug-likeness (QED) is 0.542. The molecule has 0 amide bonds. The summed E-state index contributed by atoms with van der Waals surface area (Å²) in [7, 11) is 0. The van der Waals surface area contributed by atoms with E-state index in [1.54, 1.807) is 12.1 Å². The fourth-order valence-corrected chi connectivity index (χ4v) is 1.95. The first-order valence-corrected chi connectivity index (χ1v) is 4.96. The molecule has 1 aromatic carbocycles. The molecule has 0 spiro atoms. The molecular weight excluding hydrogens is 220 g/mol. The van der Waals surface area contributed by atoms with Crippen LogP contribution in [0.25, 0.3) is 6.08 Å². The van der Waals surface area contributed by atoms with Crippen molar-refractivity contribution in [3.63, 3.8) is 0 Å². The molecule has 0 fully saturated rings. The number of nitro groups is 1. The van der Waals surface area contributed by atoms with Crippen molar-refractivity contribution in [1.82, 2.24) is 0 Å². The summed E-state index contributed by atoms with van der Waals surface area (Å²) in [5.41, 5.74) is 2.47. The van der Waals surface area contributed by atoms with Crippen LogP contribution < -0.4 is 0 Å². The van der Waals surface area contributed by atoms with E-state index < -0.39 is 4.92 Å². The smallest absolute Gasteiger partial charge is 0.270 e. The largest absolute Gasteiger partial charge is 0.289 e. The Morgan fingerprint density at radius 2 is 2.12 bits per heavy atom. The second-order valence-corrected chi connectivity index (χ2v) is 3.74. The van der Waals surface area contributed by atoms with Gasteiger partial charge < -0.3 is 0 Å². The van der Waals surface area contributed by atoms with Gasteiger partial charge in [0.15, 0.2) is 5.78 Å². The standard InChI is InChI=1S/C12H6N2O3/c15-11-3-4-13-12-9-6-8(14(16)17)2-1-7(9)5-10(11)12/h1-6H. The third-order valence-corrected chi connectivity index (χ3v) is 2.75. The molecule has 1 aliphatic heterocycles. The molecule has 82 valence electrons. The van der Waals surface area contributed by atoms with Gasteiger partial charge in [-0.3, -0.25) is 19.9 Å². The molecule has 0 saturated carbocycles. The number of hydrogen-bond acceptors (Lipinski definition) is 4. The predicted molar refractivity (Wildman–Crippen MR) is 61.8 cm³/mol. The van der Waals surface area contributed by atoms with Gasteiger partial charge in [-0.25, -0.2) is 0 Å². The van der Waals surface area contributed by atoms with Gasteiger partial charge in [0.25, 0.3) is 5.69 Å². The van der Waals surface area contributed by atoms with E-state index in [-0.39, 0.29) is 11.5 Å². The number of carbonyl (C=O) groups excluding carboxylic acids is 1. The van der Waals surface area contributed by atoms with Crippen molar-refractivity contribution in [3.05, 3.63) is 57.3 Å². The molecule has 2 aliphatic rings. The van der Waals surface area contributed by atoms with Crippen LogP contribution in [0.15, 0.2) is 41.0 Å². The van der Waals surface area contributed by atoms with Gasteiger partial charge >= 0.3 is 0 Å². The molecule has 0 saturated heterocycles. The lowest BCUT2D eigenvalue weighted by Crippen LogP contribution is -2.11. The van der Waals surface area contributed by atoms with E-state index in [4.69, 9.17) is 0 Å². The molecule has 5 heteroatoms. The number of allylic oxidation sites excluding steroid dienone is 2. The first kappa shape index (κ1) is 9.65. The Kier molecular flexibility index (Phi) is 1.82. The highest BCUT2D eigenvalue weighted by atomic mass is 16.6. The normalized spacial score (nSPS) is 16.1. The van der Waals surface area contributed by atoms with Crippen molar-refractivity contribution in [3.8, 4) is 0 Å². The monoisotopic (exact) mass is 226 g/mol. The molecule has 0 bridgehead atoms. The van der Waals surface area contributed by atoms with Gasteiger partial charge in [-0.2, -0.15) is 0 Å². The van der Waals surface area contributed by atoms with Crippen molar-refractivity contribution in [1.29, 1.82) is 0 Å². The average molecular weight is 226 g/mol. The zero-order valence-corrected chi connectivity index (χ0v) is 8.58. The van der Waals surface area contributed by atoms with Crippen LogP contribution in [0.5, 0.6) is 0 Å². The van der Waals surface area contributed by atoms with Gasteiger partial charge in [-0.1, -0.05) is 0 Å². The molecule has 5 nitrogen and oxygen atoms in total. The zero-order valence-electron chi connectivity index (χ0n) is 8.58. The summed E-state index contributed by atoms with van der Waals surface area (Å²) in [4.78, 5) is 25.9. The summed E-state index contributed by atoms with van der Waals surface area (Å²) >= 11 is 0. The topological polar surface area (TPSA) is 72.6 Å². The van der Waals surface area contributed by atoms with E-state index in [1.807, 2.05) is 0 Å². The second kappa shape index (κ2) is 3.21. The summed E-state index contributed by atoms with van der Waals surface area (Å²) < 4.78 is 0. The molecule has 0 N–H and O–H groups in total. The number of ketones is 1. The lowest BCUT2D eigenvalue weighted by Gasteiger charge is -2.05. The highest BCUT2D eigenvalue weighted by Gasteiger charge is 2.27. The molecule has 3 rings (SSSR count). The van der Waals surface area contributed by atoms with Gasteiger partial charge in [-0.15, -0.1) is 0 Å². The molecular formula is C12H6N2O3. The molecule has 1 aliphatic carbocycles. The van der Waals surface area contributed by atoms with Crippen molar-refractivity contribution < 1.29 is 9.72 Å². The number of aliphatic imine (C=N–C) groups is 1. The van der Waals surface area contributed by atoms with Crippen molar-refractivity contribution in [2.45, 2.75) is 0 Å². The first-order chi connectivity index (χ1) is 8.16. The number of non-ortho nitro benzene ring substituents is 1. The maximum absolute atomic E-state index is 11.6. The molecule has 17 heavy (non-hydrogen) atoms. The van der Waals surface area contributed by atoms with Crippen LogP contribution in [-0.2, 0) is 4.79 Å². The number of nitro benzene ring substituents is 1. The fourth-order valence-electron chi connectivity index (χ4n) is 1.95. The second-order valence-electron chi connectivity index (χ2n) is 3.74. The molecule has 0 atom stereocenters. The number of rotatable bonds is 1. The molecule has 0 unspecified atom stereocenters. The summed E-state index contributed by atoms with van der Waals surface area (Å²) in [6, 6.07) is 4.50. The predicted octanol–water partition coefficient (Wildman–Crippen LogP) is 1.88. The summed E-state index contributed by atoms with van der Waals surface area (Å²) in [5, 5.41) is 10.7. The Labute approximate surface area is 95.9 Å². The summed E-state index contributed by atoms with van der Waals surface area (Å²) in [5.74, 6) is -0.117. The fraction of sp³-hybridized carbons (Fsp3) is 0. The molecule has 1 heterocycles. The van der Waals surface area contributed by atoms with Crippen LogP contribution in [-0.4, -0.2) is 16.4 Å². The maximum atomic E-state index is 11.6. The Bertz CT molecular complexity index is 654. The summed E-state index contributed by atoms with van der Waals surface area (Å²) in [6.45, 7) is 0. The van der Waals surface area contributed by atoms with E-state index in [0.717, 1.165) is 5.56 Å². The lowest BCUT2D eigenvalue weighted by atomic mass is 10.0. The SMILES string of the molecule is O=C1C=CN=C2C1=Cc1ccc([N+](=O)[O-])cc12. The minimum atomic E-state index is -0.459. The highest BCUT2D eigenvalue weighted by molar-refractivity contribution is 6.38.